The van der Waals surface area contributed by atoms with Crippen LogP contribution in [0.3, 0.4) is 0 Å². The van der Waals surface area contributed by atoms with Crippen LogP contribution in [-0.4, -0.2) is 29.9 Å². The quantitative estimate of drug-likeness (QED) is 0.866. The number of ether oxygens (including phenoxy) is 1. The zero-order valence-electron chi connectivity index (χ0n) is 15.1. The van der Waals surface area contributed by atoms with Crippen LogP contribution in [0, 0.1) is 12.8 Å². The molecule has 2 aromatic rings. The third kappa shape index (κ3) is 4.20. The van der Waals surface area contributed by atoms with E-state index >= 15 is 0 Å². The maximum Gasteiger partial charge on any atom is 0.230 e. The lowest BCUT2D eigenvalue weighted by Crippen LogP contribution is -2.28. The number of amides is 2. The van der Waals surface area contributed by atoms with Gasteiger partial charge in [-0.05, 0) is 49.7 Å². The van der Waals surface area contributed by atoms with Crippen LogP contribution in [0.5, 0.6) is 5.75 Å². The number of benzene rings is 1. The Morgan fingerprint density at radius 2 is 2.04 bits per heavy atom. The molecule has 136 valence electrons. The van der Waals surface area contributed by atoms with Crippen molar-refractivity contribution in [2.45, 2.75) is 26.7 Å². The molecule has 0 spiro atoms. The molecular weight excluding hydrogens is 330 g/mol. The molecule has 1 aliphatic rings. The minimum absolute atomic E-state index is 0.0513. The van der Waals surface area contributed by atoms with Crippen LogP contribution in [0.15, 0.2) is 42.5 Å². The molecule has 1 aliphatic heterocycles. The van der Waals surface area contributed by atoms with Gasteiger partial charge in [-0.3, -0.25) is 9.59 Å². The molecule has 3 rings (SSSR count). The molecule has 1 N–H and O–H groups in total. The Morgan fingerprint density at radius 3 is 2.73 bits per heavy atom. The van der Waals surface area contributed by atoms with Gasteiger partial charge in [0.1, 0.15) is 11.6 Å². The lowest BCUT2D eigenvalue weighted by molar-refractivity contribution is -0.122. The molecule has 6 nitrogen and oxygen atoms in total. The number of carbonyl (C=O) groups is 2. The predicted octanol–water partition coefficient (Wildman–Crippen LogP) is 3.17. The number of aromatic nitrogens is 1. The van der Waals surface area contributed by atoms with E-state index in [0.717, 1.165) is 23.6 Å². The smallest absolute Gasteiger partial charge is 0.230 e. The summed E-state index contributed by atoms with van der Waals surface area (Å²) in [5.41, 5.74) is 1.61. The van der Waals surface area contributed by atoms with Gasteiger partial charge in [-0.2, -0.15) is 0 Å². The maximum absolute atomic E-state index is 12.5. The van der Waals surface area contributed by atoms with Gasteiger partial charge in [-0.25, -0.2) is 4.98 Å². The lowest BCUT2D eigenvalue weighted by Gasteiger charge is -2.17. The predicted molar refractivity (Wildman–Crippen MR) is 100 cm³/mol. The van der Waals surface area contributed by atoms with Crippen LogP contribution in [0.4, 0.5) is 11.5 Å². The Labute approximate surface area is 153 Å². The molecule has 0 saturated carbocycles. The number of hydrogen-bond acceptors (Lipinski definition) is 4. The number of hydrogen-bond donors (Lipinski definition) is 1. The van der Waals surface area contributed by atoms with Gasteiger partial charge in [-0.15, -0.1) is 0 Å². The second-order valence-electron chi connectivity index (χ2n) is 6.40. The molecule has 1 aromatic carbocycles. The van der Waals surface area contributed by atoms with E-state index < -0.39 is 0 Å². The van der Waals surface area contributed by atoms with Crippen molar-refractivity contribution in [2.24, 2.45) is 5.92 Å². The highest BCUT2D eigenvalue weighted by Gasteiger charge is 2.35. The van der Waals surface area contributed by atoms with Crippen LogP contribution in [-0.2, 0) is 9.59 Å². The summed E-state index contributed by atoms with van der Waals surface area (Å²) in [5.74, 6) is 0.674. The zero-order valence-corrected chi connectivity index (χ0v) is 15.1. The summed E-state index contributed by atoms with van der Waals surface area (Å²) in [6.07, 6.45) is 1.14. The van der Waals surface area contributed by atoms with Crippen LogP contribution < -0.4 is 15.0 Å². The molecule has 6 heteroatoms. The van der Waals surface area contributed by atoms with E-state index in [4.69, 9.17) is 4.74 Å². The van der Waals surface area contributed by atoms with E-state index in [9.17, 15) is 9.59 Å². The normalized spacial score (nSPS) is 16.6. The molecule has 1 atom stereocenters. The standard InChI is InChI=1S/C20H23N3O3/c1-3-11-26-17-9-7-16(8-10-17)23-13-15(12-19(23)24)20(25)22-18-6-4-5-14(2)21-18/h4-10,15H,3,11-13H2,1-2H3,(H,21,22,25)/t15-/m1/s1. The second kappa shape index (κ2) is 7.99. The summed E-state index contributed by atoms with van der Waals surface area (Å²) in [4.78, 5) is 30.7. The number of nitrogens with zero attached hydrogens (tertiary/aromatic N) is 2. The van der Waals surface area contributed by atoms with Gasteiger partial charge in [-0.1, -0.05) is 13.0 Å². The van der Waals surface area contributed by atoms with E-state index in [1.165, 1.54) is 0 Å². The third-order valence-electron chi connectivity index (χ3n) is 4.26. The molecule has 2 amide bonds. The highest BCUT2D eigenvalue weighted by Crippen LogP contribution is 2.27. The second-order valence-corrected chi connectivity index (χ2v) is 6.40. The van der Waals surface area contributed by atoms with Crippen LogP contribution in [0.1, 0.15) is 25.5 Å². The Morgan fingerprint density at radius 1 is 1.27 bits per heavy atom. The van der Waals surface area contributed by atoms with Crippen molar-refractivity contribution in [1.29, 1.82) is 0 Å². The number of rotatable bonds is 6. The summed E-state index contributed by atoms with van der Waals surface area (Å²) in [6, 6.07) is 12.9. The summed E-state index contributed by atoms with van der Waals surface area (Å²) in [6.45, 7) is 4.95. The Hall–Kier alpha value is -2.89. The van der Waals surface area contributed by atoms with Crippen molar-refractivity contribution in [3.05, 3.63) is 48.2 Å². The Kier molecular flexibility index (Phi) is 5.51. The van der Waals surface area contributed by atoms with E-state index in [0.29, 0.717) is 19.0 Å². The largest absolute Gasteiger partial charge is 0.494 e. The van der Waals surface area contributed by atoms with Gasteiger partial charge in [0.05, 0.1) is 12.5 Å². The molecule has 1 aromatic heterocycles. The minimum Gasteiger partial charge on any atom is -0.494 e. The summed E-state index contributed by atoms with van der Waals surface area (Å²) >= 11 is 0. The number of nitrogens with one attached hydrogen (secondary N) is 1. The molecule has 26 heavy (non-hydrogen) atoms. The number of aryl methyl sites for hydroxylation is 1. The summed E-state index contributed by atoms with van der Waals surface area (Å²) in [5, 5.41) is 2.80. The fourth-order valence-corrected chi connectivity index (χ4v) is 2.92. The van der Waals surface area contributed by atoms with Crippen LogP contribution in [0.2, 0.25) is 0 Å². The van der Waals surface area contributed by atoms with Gasteiger partial charge in [0.2, 0.25) is 11.8 Å². The van der Waals surface area contributed by atoms with Crippen LogP contribution in [0.25, 0.3) is 0 Å². The Balaban J connectivity index is 1.63. The van der Waals surface area contributed by atoms with Crippen molar-refractivity contribution in [3.8, 4) is 5.75 Å². The summed E-state index contributed by atoms with van der Waals surface area (Å²) in [7, 11) is 0. The first-order valence-electron chi connectivity index (χ1n) is 8.84. The van der Waals surface area contributed by atoms with Gasteiger partial charge >= 0.3 is 0 Å². The molecule has 1 saturated heterocycles. The van der Waals surface area contributed by atoms with Gasteiger partial charge in [0.25, 0.3) is 0 Å². The highest BCUT2D eigenvalue weighted by atomic mass is 16.5. The van der Waals surface area contributed by atoms with Crippen molar-refractivity contribution in [3.63, 3.8) is 0 Å². The van der Waals surface area contributed by atoms with Gasteiger partial charge in [0.15, 0.2) is 0 Å². The highest BCUT2D eigenvalue weighted by molar-refractivity contribution is 6.03. The first kappa shape index (κ1) is 17.9. The molecule has 1 fully saturated rings. The first-order chi connectivity index (χ1) is 12.6. The average Bonchev–Trinajstić information content (AvgIpc) is 3.02. The first-order valence-corrected chi connectivity index (χ1v) is 8.84. The van der Waals surface area contributed by atoms with E-state index in [1.54, 1.807) is 11.0 Å². The Bertz CT molecular complexity index is 789. The average molecular weight is 353 g/mol. The molecule has 0 bridgehead atoms. The van der Waals surface area contributed by atoms with E-state index in [2.05, 4.69) is 17.2 Å². The molecule has 0 radical (unpaired) electrons. The minimum atomic E-state index is -0.388. The van der Waals surface area contributed by atoms with Gasteiger partial charge in [0, 0.05) is 24.3 Å². The van der Waals surface area contributed by atoms with Crippen molar-refractivity contribution in [1.82, 2.24) is 4.98 Å². The lowest BCUT2D eigenvalue weighted by atomic mass is 10.1. The van der Waals surface area contributed by atoms with Crippen molar-refractivity contribution < 1.29 is 14.3 Å². The summed E-state index contributed by atoms with van der Waals surface area (Å²) < 4.78 is 5.56. The molecule has 0 aliphatic carbocycles. The maximum atomic E-state index is 12.5. The van der Waals surface area contributed by atoms with E-state index in [1.807, 2.05) is 43.3 Å². The zero-order chi connectivity index (χ0) is 18.5. The molecule has 0 unspecified atom stereocenters. The number of carbonyl (C=O) groups excluding carboxylic acids is 2. The number of anilines is 2. The number of pyridine rings is 1. The third-order valence-corrected chi connectivity index (χ3v) is 4.26. The van der Waals surface area contributed by atoms with E-state index in [-0.39, 0.29) is 24.2 Å². The molecular formula is C20H23N3O3. The topological polar surface area (TPSA) is 71.5 Å². The van der Waals surface area contributed by atoms with Gasteiger partial charge < -0.3 is 15.0 Å². The monoisotopic (exact) mass is 353 g/mol. The fourth-order valence-electron chi connectivity index (χ4n) is 2.92. The SMILES string of the molecule is CCCOc1ccc(N2C[C@H](C(=O)Nc3cccc(C)n3)CC2=O)cc1. The molecule has 2 heterocycles. The van der Waals surface area contributed by atoms with Crippen molar-refractivity contribution >= 4 is 23.3 Å². The van der Waals surface area contributed by atoms with Crippen molar-refractivity contribution in [2.75, 3.05) is 23.4 Å². The van der Waals surface area contributed by atoms with Crippen LogP contribution >= 0.6 is 0 Å². The fraction of sp³-hybridized carbons (Fsp3) is 0.350.